The van der Waals surface area contributed by atoms with Crippen molar-refractivity contribution in [1.29, 1.82) is 0 Å². The first-order valence-corrected chi connectivity index (χ1v) is 12.1. The minimum absolute atomic E-state index is 0.0222. The van der Waals surface area contributed by atoms with Crippen LogP contribution < -0.4 is 15.8 Å². The second-order valence-electron chi connectivity index (χ2n) is 10.1. The lowest BCUT2D eigenvalue weighted by Gasteiger charge is -2.64. The minimum Gasteiger partial charge on any atom is -0.497 e. The summed E-state index contributed by atoms with van der Waals surface area (Å²) in [5.41, 5.74) is 7.29. The fraction of sp³-hybridized carbons (Fsp3) is 0.481. The van der Waals surface area contributed by atoms with E-state index < -0.39 is 17.0 Å². The molecule has 3 amide bonds. The van der Waals surface area contributed by atoms with Crippen LogP contribution in [0.2, 0.25) is 0 Å². The summed E-state index contributed by atoms with van der Waals surface area (Å²) in [5.74, 6) is 0.0348. The van der Waals surface area contributed by atoms with Crippen LogP contribution in [0.3, 0.4) is 0 Å². The summed E-state index contributed by atoms with van der Waals surface area (Å²) in [6, 6.07) is 15.7. The number of carbonyl (C=O) groups is 2. The number of imide groups is 1. The number of nitrogens with one attached hydrogen (secondary N) is 1. The van der Waals surface area contributed by atoms with Gasteiger partial charge in [0.2, 0.25) is 5.91 Å². The van der Waals surface area contributed by atoms with E-state index in [0.717, 1.165) is 43.7 Å². The molecule has 3 aliphatic rings. The van der Waals surface area contributed by atoms with Crippen LogP contribution in [0.1, 0.15) is 42.4 Å². The fourth-order valence-corrected chi connectivity index (χ4v) is 6.85. The third-order valence-electron chi connectivity index (χ3n) is 8.51. The van der Waals surface area contributed by atoms with Crippen molar-refractivity contribution < 1.29 is 19.4 Å². The number of likely N-dealkylation sites (tertiary alicyclic amines) is 1. The van der Waals surface area contributed by atoms with Crippen LogP contribution in [0.4, 0.5) is 4.79 Å². The molecule has 4 atom stereocenters. The van der Waals surface area contributed by atoms with Gasteiger partial charge in [-0.15, -0.1) is 0 Å². The number of primary amides is 1. The second-order valence-corrected chi connectivity index (χ2v) is 10.1. The first-order valence-electron chi connectivity index (χ1n) is 12.1. The van der Waals surface area contributed by atoms with Crippen LogP contribution in [-0.4, -0.2) is 53.8 Å². The number of nitrogens with two attached hydrogens (primary N) is 1. The number of piperidine rings is 1. The Kier molecular flexibility index (Phi) is 5.86. The SMILES string of the molecule is COc1ccc2c(c1)C13CCN(CCc4ccccc4)C(C2)C1(O)CCC(C(=O)NC(N)=O)C3. The van der Waals surface area contributed by atoms with Gasteiger partial charge < -0.3 is 15.6 Å². The number of urea groups is 1. The van der Waals surface area contributed by atoms with E-state index in [1.54, 1.807) is 7.11 Å². The molecule has 0 aromatic heterocycles. The van der Waals surface area contributed by atoms with Crippen LogP contribution in [0.25, 0.3) is 0 Å². The number of hydrogen-bond acceptors (Lipinski definition) is 5. The molecule has 5 rings (SSSR count). The normalized spacial score (nSPS) is 30.1. The first-order chi connectivity index (χ1) is 16.4. The fourth-order valence-electron chi connectivity index (χ4n) is 6.85. The maximum atomic E-state index is 12.8. The third kappa shape index (κ3) is 3.67. The lowest BCUT2D eigenvalue weighted by Crippen LogP contribution is -2.73. The molecule has 180 valence electrons. The third-order valence-corrected chi connectivity index (χ3v) is 8.51. The molecule has 1 saturated heterocycles. The van der Waals surface area contributed by atoms with Crippen molar-refractivity contribution in [2.75, 3.05) is 20.2 Å². The van der Waals surface area contributed by atoms with E-state index in [1.165, 1.54) is 11.1 Å². The minimum atomic E-state index is -0.954. The van der Waals surface area contributed by atoms with E-state index in [0.29, 0.717) is 19.3 Å². The zero-order valence-electron chi connectivity index (χ0n) is 19.6. The summed E-state index contributed by atoms with van der Waals surface area (Å²) < 4.78 is 5.53. The first kappa shape index (κ1) is 22.9. The number of benzene rings is 2. The van der Waals surface area contributed by atoms with E-state index in [4.69, 9.17) is 10.5 Å². The summed E-state index contributed by atoms with van der Waals surface area (Å²) in [7, 11) is 1.65. The van der Waals surface area contributed by atoms with Gasteiger partial charge in [0, 0.05) is 23.9 Å². The molecular weight excluding hydrogens is 430 g/mol. The summed E-state index contributed by atoms with van der Waals surface area (Å²) in [5, 5.41) is 14.7. The van der Waals surface area contributed by atoms with Crippen molar-refractivity contribution in [2.45, 2.75) is 55.6 Å². The molecule has 4 unspecified atom stereocenters. The van der Waals surface area contributed by atoms with E-state index in [9.17, 15) is 14.7 Å². The number of fused-ring (bicyclic) bond motifs is 1. The van der Waals surface area contributed by atoms with Crippen LogP contribution >= 0.6 is 0 Å². The van der Waals surface area contributed by atoms with Gasteiger partial charge in [0.15, 0.2) is 0 Å². The summed E-state index contributed by atoms with van der Waals surface area (Å²) in [4.78, 5) is 26.6. The Morgan fingerprint density at radius 1 is 1.21 bits per heavy atom. The number of carbonyl (C=O) groups excluding carboxylic acids is 2. The Morgan fingerprint density at radius 2 is 2.00 bits per heavy atom. The maximum Gasteiger partial charge on any atom is 0.318 e. The van der Waals surface area contributed by atoms with Crippen molar-refractivity contribution >= 4 is 11.9 Å². The highest BCUT2D eigenvalue weighted by Gasteiger charge is 2.65. The average molecular weight is 464 g/mol. The topological polar surface area (TPSA) is 105 Å². The van der Waals surface area contributed by atoms with Gasteiger partial charge in [-0.05, 0) is 73.9 Å². The van der Waals surface area contributed by atoms with Crippen molar-refractivity contribution in [2.24, 2.45) is 11.7 Å². The Bertz CT molecular complexity index is 1090. The van der Waals surface area contributed by atoms with Gasteiger partial charge in [-0.1, -0.05) is 36.4 Å². The Balaban J connectivity index is 1.50. The lowest BCUT2D eigenvalue weighted by atomic mass is 9.48. The molecule has 2 fully saturated rings. The van der Waals surface area contributed by atoms with Crippen molar-refractivity contribution in [3.8, 4) is 5.75 Å². The van der Waals surface area contributed by atoms with E-state index in [1.807, 2.05) is 18.2 Å². The smallest absolute Gasteiger partial charge is 0.318 e. The summed E-state index contributed by atoms with van der Waals surface area (Å²) in [6.45, 7) is 1.73. The molecule has 0 spiro atoms. The number of hydrogen-bond donors (Lipinski definition) is 3. The lowest BCUT2D eigenvalue weighted by molar-refractivity contribution is -0.176. The predicted octanol–water partition coefficient (Wildman–Crippen LogP) is 2.53. The highest BCUT2D eigenvalue weighted by Crippen LogP contribution is 2.59. The molecule has 34 heavy (non-hydrogen) atoms. The molecule has 2 aromatic rings. The van der Waals surface area contributed by atoms with Crippen LogP contribution in [0.5, 0.6) is 5.75 Å². The quantitative estimate of drug-likeness (QED) is 0.632. The van der Waals surface area contributed by atoms with Gasteiger partial charge in [-0.2, -0.15) is 0 Å². The van der Waals surface area contributed by atoms with E-state index in [2.05, 4.69) is 40.5 Å². The van der Waals surface area contributed by atoms with Crippen LogP contribution in [0, 0.1) is 5.92 Å². The monoisotopic (exact) mass is 463 g/mol. The van der Waals surface area contributed by atoms with Gasteiger partial charge in [0.1, 0.15) is 5.75 Å². The largest absolute Gasteiger partial charge is 0.497 e. The predicted molar refractivity (Wildman–Crippen MR) is 129 cm³/mol. The molecule has 1 heterocycles. The highest BCUT2D eigenvalue weighted by molar-refractivity contribution is 5.94. The molecule has 4 N–H and O–H groups in total. The number of ether oxygens (including phenoxy) is 1. The zero-order valence-corrected chi connectivity index (χ0v) is 19.6. The summed E-state index contributed by atoms with van der Waals surface area (Å²) in [6.07, 6.45) is 3.97. The van der Waals surface area contributed by atoms with Gasteiger partial charge in [-0.3, -0.25) is 15.0 Å². The van der Waals surface area contributed by atoms with Crippen molar-refractivity contribution in [3.63, 3.8) is 0 Å². The molecule has 1 aliphatic heterocycles. The van der Waals surface area contributed by atoms with Gasteiger partial charge in [0.25, 0.3) is 0 Å². The Morgan fingerprint density at radius 3 is 2.74 bits per heavy atom. The van der Waals surface area contributed by atoms with Gasteiger partial charge >= 0.3 is 6.03 Å². The molecule has 2 aliphatic carbocycles. The molecule has 0 radical (unpaired) electrons. The summed E-state index contributed by atoms with van der Waals surface area (Å²) >= 11 is 0. The molecule has 7 heteroatoms. The average Bonchev–Trinajstić information content (AvgIpc) is 2.83. The maximum absolute atomic E-state index is 12.8. The number of rotatable bonds is 5. The number of amides is 3. The number of aliphatic hydroxyl groups is 1. The van der Waals surface area contributed by atoms with Crippen molar-refractivity contribution in [1.82, 2.24) is 10.2 Å². The standard InChI is InChI=1S/C27H33N3O4/c1-34-21-8-7-19-15-23-27(33)11-9-20(24(31)29-25(28)32)17-26(27,22(19)16-21)12-14-30(23)13-10-18-5-3-2-4-6-18/h2-8,16,20,23,33H,9-15,17H2,1H3,(H3,28,29,31,32). The van der Waals surface area contributed by atoms with Crippen LogP contribution in [0.15, 0.2) is 48.5 Å². The molecular formula is C27H33N3O4. The number of nitrogens with zero attached hydrogens (tertiary/aromatic N) is 1. The van der Waals surface area contributed by atoms with Crippen molar-refractivity contribution in [3.05, 3.63) is 65.2 Å². The van der Waals surface area contributed by atoms with Gasteiger partial charge in [0.05, 0.1) is 12.7 Å². The zero-order chi connectivity index (χ0) is 23.9. The molecule has 2 aromatic carbocycles. The van der Waals surface area contributed by atoms with Crippen LogP contribution in [-0.2, 0) is 23.1 Å². The molecule has 2 bridgehead atoms. The Labute approximate surface area is 200 Å². The highest BCUT2D eigenvalue weighted by atomic mass is 16.5. The van der Waals surface area contributed by atoms with E-state index >= 15 is 0 Å². The molecule has 7 nitrogen and oxygen atoms in total. The van der Waals surface area contributed by atoms with Gasteiger partial charge in [-0.25, -0.2) is 4.79 Å². The molecule has 1 saturated carbocycles. The van der Waals surface area contributed by atoms with E-state index in [-0.39, 0.29) is 17.9 Å². The number of methoxy groups -OCH3 is 1. The Hall–Kier alpha value is -2.90. The second kappa shape index (κ2) is 8.71.